The van der Waals surface area contributed by atoms with Crippen LogP contribution in [0.3, 0.4) is 0 Å². The van der Waals surface area contributed by atoms with E-state index in [-0.39, 0.29) is 5.91 Å². The smallest absolute Gasteiger partial charge is 0.254 e. The molecular weight excluding hydrogens is 326 g/mol. The number of aromatic nitrogens is 1. The van der Waals surface area contributed by atoms with E-state index in [0.717, 1.165) is 62.0 Å². The molecule has 0 unspecified atom stereocenters. The second-order valence-electron chi connectivity index (χ2n) is 7.52. The first-order chi connectivity index (χ1) is 12.8. The van der Waals surface area contributed by atoms with E-state index >= 15 is 0 Å². The fraction of sp³-hybridized carbons (Fsp3) is 0.571. The van der Waals surface area contributed by atoms with Gasteiger partial charge in [-0.05, 0) is 75.3 Å². The highest BCUT2D eigenvalue weighted by atomic mass is 16.5. The molecule has 2 aliphatic heterocycles. The molecule has 3 heterocycles. The molecule has 0 spiro atoms. The van der Waals surface area contributed by atoms with E-state index in [1.807, 2.05) is 30.5 Å². The van der Waals surface area contributed by atoms with Crippen molar-refractivity contribution in [2.45, 2.75) is 38.1 Å². The molecule has 2 fully saturated rings. The number of hydrogen-bond acceptors (Lipinski definition) is 3. The number of aromatic amines is 1. The third-order valence-electron chi connectivity index (χ3n) is 5.77. The summed E-state index contributed by atoms with van der Waals surface area (Å²) in [5.41, 5.74) is 1.81. The molecule has 1 N–H and O–H groups in total. The van der Waals surface area contributed by atoms with Gasteiger partial charge >= 0.3 is 0 Å². The standard InChI is InChI=1S/C21H29N3O2/c25-21(18-5-4-17-6-9-22-20(17)16-18)24(19-7-14-26-15-8-19)13-3-12-23-10-1-2-11-23/h4-6,9,16,19,22H,1-3,7-8,10-15H2. The Hall–Kier alpha value is -1.85. The van der Waals surface area contributed by atoms with Crippen molar-refractivity contribution in [2.24, 2.45) is 0 Å². The summed E-state index contributed by atoms with van der Waals surface area (Å²) in [5.74, 6) is 0.162. The number of amides is 1. The highest BCUT2D eigenvalue weighted by molar-refractivity contribution is 5.98. The number of nitrogens with one attached hydrogen (secondary N) is 1. The van der Waals surface area contributed by atoms with Crippen LogP contribution < -0.4 is 0 Å². The highest BCUT2D eigenvalue weighted by Gasteiger charge is 2.27. The van der Waals surface area contributed by atoms with Crippen molar-refractivity contribution in [1.29, 1.82) is 0 Å². The quantitative estimate of drug-likeness (QED) is 0.865. The van der Waals surface area contributed by atoms with E-state index in [1.54, 1.807) is 0 Å². The van der Waals surface area contributed by atoms with Crippen LogP contribution in [-0.2, 0) is 4.74 Å². The fourth-order valence-corrected chi connectivity index (χ4v) is 4.26. The van der Waals surface area contributed by atoms with E-state index in [1.165, 1.54) is 25.9 Å². The number of ether oxygens (including phenoxy) is 1. The van der Waals surface area contributed by atoms with Crippen LogP contribution in [0.4, 0.5) is 0 Å². The molecule has 140 valence electrons. The molecule has 0 aliphatic carbocycles. The second kappa shape index (κ2) is 8.23. The monoisotopic (exact) mass is 355 g/mol. The second-order valence-corrected chi connectivity index (χ2v) is 7.52. The number of rotatable bonds is 6. The lowest BCUT2D eigenvalue weighted by Gasteiger charge is -2.35. The molecule has 0 atom stereocenters. The van der Waals surface area contributed by atoms with E-state index in [2.05, 4.69) is 14.8 Å². The summed E-state index contributed by atoms with van der Waals surface area (Å²) in [6.07, 6.45) is 7.50. The van der Waals surface area contributed by atoms with Crippen molar-refractivity contribution in [1.82, 2.24) is 14.8 Å². The SMILES string of the molecule is O=C(c1ccc2cc[nH]c2c1)N(CCCN1CCCC1)C1CCOCC1. The predicted molar refractivity (Wildman–Crippen MR) is 103 cm³/mol. The van der Waals surface area contributed by atoms with E-state index in [4.69, 9.17) is 4.74 Å². The van der Waals surface area contributed by atoms with Gasteiger partial charge in [0.15, 0.2) is 0 Å². The largest absolute Gasteiger partial charge is 0.381 e. The Balaban J connectivity index is 1.47. The Morgan fingerprint density at radius 1 is 1.19 bits per heavy atom. The molecule has 0 saturated carbocycles. The van der Waals surface area contributed by atoms with Crippen LogP contribution >= 0.6 is 0 Å². The van der Waals surface area contributed by atoms with Crippen LogP contribution in [0.2, 0.25) is 0 Å². The normalized spacial score (nSPS) is 19.2. The zero-order chi connectivity index (χ0) is 17.8. The van der Waals surface area contributed by atoms with Crippen molar-refractivity contribution in [3.05, 3.63) is 36.0 Å². The van der Waals surface area contributed by atoms with Crippen molar-refractivity contribution in [3.63, 3.8) is 0 Å². The number of nitrogens with zero attached hydrogens (tertiary/aromatic N) is 2. The maximum Gasteiger partial charge on any atom is 0.254 e. The van der Waals surface area contributed by atoms with Gasteiger partial charge in [0.1, 0.15) is 0 Å². The molecule has 5 heteroatoms. The van der Waals surface area contributed by atoms with E-state index < -0.39 is 0 Å². The van der Waals surface area contributed by atoms with Crippen LogP contribution in [0.15, 0.2) is 30.5 Å². The van der Waals surface area contributed by atoms with Crippen molar-refractivity contribution >= 4 is 16.8 Å². The molecule has 0 bridgehead atoms. The van der Waals surface area contributed by atoms with Gasteiger partial charge in [-0.1, -0.05) is 6.07 Å². The first-order valence-electron chi connectivity index (χ1n) is 9.99. The van der Waals surface area contributed by atoms with Crippen LogP contribution in [0.1, 0.15) is 42.5 Å². The number of carbonyl (C=O) groups is 1. The van der Waals surface area contributed by atoms with E-state index in [0.29, 0.717) is 6.04 Å². The zero-order valence-corrected chi connectivity index (χ0v) is 15.5. The Labute approximate surface area is 155 Å². The van der Waals surface area contributed by atoms with Gasteiger partial charge in [-0.3, -0.25) is 4.79 Å². The molecule has 26 heavy (non-hydrogen) atoms. The first-order valence-corrected chi connectivity index (χ1v) is 9.99. The molecule has 1 aromatic heterocycles. The third kappa shape index (κ3) is 3.94. The Kier molecular flexibility index (Phi) is 5.56. The van der Waals surface area contributed by atoms with Gasteiger partial charge in [0.05, 0.1) is 0 Å². The number of carbonyl (C=O) groups excluding carboxylic acids is 1. The summed E-state index contributed by atoms with van der Waals surface area (Å²) in [5, 5.41) is 1.15. The number of hydrogen-bond donors (Lipinski definition) is 1. The lowest BCUT2D eigenvalue weighted by Crippen LogP contribution is -2.44. The maximum absolute atomic E-state index is 13.3. The van der Waals surface area contributed by atoms with Crippen LogP contribution in [0, 0.1) is 0 Å². The molecule has 1 aromatic carbocycles. The minimum Gasteiger partial charge on any atom is -0.381 e. The average molecular weight is 355 g/mol. The molecule has 1 amide bonds. The summed E-state index contributed by atoms with van der Waals surface area (Å²) in [6.45, 7) is 5.89. The van der Waals surface area contributed by atoms with Gasteiger partial charge in [-0.2, -0.15) is 0 Å². The van der Waals surface area contributed by atoms with Crippen LogP contribution in [0.25, 0.3) is 10.9 Å². The Bertz CT molecular complexity index is 730. The fourth-order valence-electron chi connectivity index (χ4n) is 4.26. The van der Waals surface area contributed by atoms with E-state index in [9.17, 15) is 4.79 Å². The number of H-pyrrole nitrogens is 1. The maximum atomic E-state index is 13.3. The molecule has 2 aliphatic rings. The van der Waals surface area contributed by atoms with Crippen molar-refractivity contribution in [2.75, 3.05) is 39.4 Å². The van der Waals surface area contributed by atoms with Gasteiger partial charge in [0, 0.05) is 43.1 Å². The first kappa shape index (κ1) is 17.6. The minimum atomic E-state index is 0.162. The molecule has 2 aromatic rings. The van der Waals surface area contributed by atoms with Crippen LogP contribution in [-0.4, -0.2) is 66.1 Å². The lowest BCUT2D eigenvalue weighted by molar-refractivity contribution is 0.0281. The van der Waals surface area contributed by atoms with Crippen molar-refractivity contribution in [3.8, 4) is 0 Å². The highest BCUT2D eigenvalue weighted by Crippen LogP contribution is 2.21. The number of fused-ring (bicyclic) bond motifs is 1. The number of likely N-dealkylation sites (tertiary alicyclic amines) is 1. The topological polar surface area (TPSA) is 48.6 Å². The minimum absolute atomic E-state index is 0.162. The Morgan fingerprint density at radius 2 is 2.00 bits per heavy atom. The average Bonchev–Trinajstić information content (AvgIpc) is 3.36. The predicted octanol–water partition coefficient (Wildman–Crippen LogP) is 3.28. The summed E-state index contributed by atoms with van der Waals surface area (Å²) < 4.78 is 5.52. The van der Waals surface area contributed by atoms with Crippen molar-refractivity contribution < 1.29 is 9.53 Å². The molecule has 5 nitrogen and oxygen atoms in total. The molecule has 2 saturated heterocycles. The van der Waals surface area contributed by atoms with Gasteiger partial charge in [0.2, 0.25) is 0 Å². The molecule has 4 rings (SSSR count). The van der Waals surface area contributed by atoms with Gasteiger partial charge in [-0.15, -0.1) is 0 Å². The summed E-state index contributed by atoms with van der Waals surface area (Å²) in [7, 11) is 0. The van der Waals surface area contributed by atoms with Crippen LogP contribution in [0.5, 0.6) is 0 Å². The lowest BCUT2D eigenvalue weighted by atomic mass is 10.0. The molecular formula is C21H29N3O2. The Morgan fingerprint density at radius 3 is 2.81 bits per heavy atom. The van der Waals surface area contributed by atoms with Gasteiger partial charge in [0.25, 0.3) is 5.91 Å². The number of benzene rings is 1. The third-order valence-corrected chi connectivity index (χ3v) is 5.77. The van der Waals surface area contributed by atoms with Gasteiger partial charge in [-0.25, -0.2) is 0 Å². The zero-order valence-electron chi connectivity index (χ0n) is 15.5. The summed E-state index contributed by atoms with van der Waals surface area (Å²) >= 11 is 0. The summed E-state index contributed by atoms with van der Waals surface area (Å²) in [4.78, 5) is 21.1. The summed E-state index contributed by atoms with van der Waals surface area (Å²) in [6, 6.07) is 8.33. The molecule has 0 radical (unpaired) electrons. The van der Waals surface area contributed by atoms with Gasteiger partial charge < -0.3 is 19.5 Å².